The summed E-state index contributed by atoms with van der Waals surface area (Å²) in [5.41, 5.74) is 2.68. The second kappa shape index (κ2) is 12.7. The minimum atomic E-state index is 0. The van der Waals surface area contributed by atoms with Gasteiger partial charge >= 0.3 is 0 Å². The molecule has 1 aromatic carbocycles. The zero-order valence-electron chi connectivity index (χ0n) is 18.3. The first kappa shape index (κ1) is 24.4. The van der Waals surface area contributed by atoms with Gasteiger partial charge in [-0.3, -0.25) is 9.58 Å². The van der Waals surface area contributed by atoms with Gasteiger partial charge in [-0.25, -0.2) is 9.98 Å². The molecule has 0 amide bonds. The highest BCUT2D eigenvalue weighted by molar-refractivity contribution is 14.0. The van der Waals surface area contributed by atoms with E-state index in [2.05, 4.69) is 73.6 Å². The van der Waals surface area contributed by atoms with Crippen LogP contribution in [0.5, 0.6) is 0 Å². The summed E-state index contributed by atoms with van der Waals surface area (Å²) in [4.78, 5) is 13.9. The van der Waals surface area contributed by atoms with Crippen LogP contribution in [0.25, 0.3) is 0 Å². The second-order valence-corrected chi connectivity index (χ2v) is 7.44. The molecule has 8 nitrogen and oxygen atoms in total. The zero-order chi connectivity index (χ0) is 20.5. The van der Waals surface area contributed by atoms with Crippen molar-refractivity contribution in [3.05, 3.63) is 42.0 Å². The van der Waals surface area contributed by atoms with Gasteiger partial charge in [0, 0.05) is 52.0 Å². The Kier molecular flexibility index (Phi) is 10.4. The van der Waals surface area contributed by atoms with E-state index in [-0.39, 0.29) is 24.0 Å². The fraction of sp³-hybridized carbons (Fsp3) is 0.571. The Morgan fingerprint density at radius 3 is 2.63 bits per heavy atom. The van der Waals surface area contributed by atoms with Gasteiger partial charge in [0.1, 0.15) is 18.7 Å². The molecule has 30 heavy (non-hydrogen) atoms. The molecule has 3 rings (SSSR count). The summed E-state index contributed by atoms with van der Waals surface area (Å²) in [5, 5.41) is 10.8. The molecule has 1 fully saturated rings. The molecule has 166 valence electrons. The minimum Gasteiger partial charge on any atom is -0.369 e. The number of guanidine groups is 1. The Labute approximate surface area is 197 Å². The third kappa shape index (κ3) is 7.42. The van der Waals surface area contributed by atoms with Gasteiger partial charge in [0.25, 0.3) is 0 Å². The van der Waals surface area contributed by atoms with Crippen LogP contribution in [-0.2, 0) is 13.6 Å². The van der Waals surface area contributed by atoms with Crippen molar-refractivity contribution in [2.45, 2.75) is 26.8 Å². The number of halogens is 1. The molecule has 0 atom stereocenters. The lowest BCUT2D eigenvalue weighted by Crippen LogP contribution is -2.47. The molecule has 0 bridgehead atoms. The molecule has 1 saturated heterocycles. The molecule has 0 unspecified atom stereocenters. The van der Waals surface area contributed by atoms with E-state index in [0.29, 0.717) is 6.54 Å². The van der Waals surface area contributed by atoms with Crippen molar-refractivity contribution >= 4 is 35.6 Å². The summed E-state index contributed by atoms with van der Waals surface area (Å²) >= 11 is 0. The standard InChI is InChI=1S/C21H34N8.HI/c1-4-22-21(24-16-20-25-17-26-27(20)3)23-9-6-10-28-11-13-29(14-12-28)19-8-5-7-18(2)15-19;/h5,7-8,15,17H,4,6,9-14,16H2,1-3H3,(H2,22,23,24);1H. The molecule has 0 radical (unpaired) electrons. The maximum Gasteiger partial charge on any atom is 0.191 e. The number of aliphatic imine (C=N–C) groups is 1. The average molecular weight is 526 g/mol. The first-order valence-electron chi connectivity index (χ1n) is 10.5. The van der Waals surface area contributed by atoms with Crippen LogP contribution in [0.4, 0.5) is 5.69 Å². The van der Waals surface area contributed by atoms with Crippen LogP contribution in [0.1, 0.15) is 24.7 Å². The van der Waals surface area contributed by atoms with Crippen LogP contribution in [0.15, 0.2) is 35.6 Å². The van der Waals surface area contributed by atoms with E-state index >= 15 is 0 Å². The normalized spacial score (nSPS) is 15.0. The lowest BCUT2D eigenvalue weighted by Gasteiger charge is -2.36. The Hall–Kier alpha value is -1.88. The molecule has 1 aliphatic heterocycles. The predicted octanol–water partition coefficient (Wildman–Crippen LogP) is 2.01. The highest BCUT2D eigenvalue weighted by atomic mass is 127. The fourth-order valence-electron chi connectivity index (χ4n) is 3.52. The van der Waals surface area contributed by atoms with Crippen molar-refractivity contribution < 1.29 is 0 Å². The average Bonchev–Trinajstić information content (AvgIpc) is 3.14. The van der Waals surface area contributed by atoms with Gasteiger partial charge in [0.2, 0.25) is 0 Å². The number of nitrogens with one attached hydrogen (secondary N) is 2. The van der Waals surface area contributed by atoms with E-state index in [1.54, 1.807) is 11.0 Å². The summed E-state index contributed by atoms with van der Waals surface area (Å²) in [6, 6.07) is 8.80. The molecular weight excluding hydrogens is 491 g/mol. The van der Waals surface area contributed by atoms with E-state index in [1.807, 2.05) is 7.05 Å². The van der Waals surface area contributed by atoms with Crippen LogP contribution in [0.2, 0.25) is 0 Å². The van der Waals surface area contributed by atoms with Crippen molar-refractivity contribution in [3.63, 3.8) is 0 Å². The predicted molar refractivity (Wildman–Crippen MR) is 134 cm³/mol. The number of anilines is 1. The quantitative estimate of drug-likeness (QED) is 0.237. The van der Waals surface area contributed by atoms with Gasteiger partial charge in [0.05, 0.1) is 0 Å². The highest BCUT2D eigenvalue weighted by Crippen LogP contribution is 2.17. The summed E-state index contributed by atoms with van der Waals surface area (Å²) in [5.74, 6) is 1.69. The number of hydrogen-bond donors (Lipinski definition) is 2. The monoisotopic (exact) mass is 526 g/mol. The van der Waals surface area contributed by atoms with Gasteiger partial charge < -0.3 is 15.5 Å². The number of aryl methyl sites for hydroxylation is 2. The lowest BCUT2D eigenvalue weighted by atomic mass is 10.2. The van der Waals surface area contributed by atoms with Crippen LogP contribution < -0.4 is 15.5 Å². The molecule has 0 aliphatic carbocycles. The van der Waals surface area contributed by atoms with Crippen molar-refractivity contribution in [3.8, 4) is 0 Å². The number of nitrogens with zero attached hydrogens (tertiary/aromatic N) is 6. The summed E-state index contributed by atoms with van der Waals surface area (Å²) in [6.07, 6.45) is 2.66. The molecule has 2 aromatic rings. The topological polar surface area (TPSA) is 73.6 Å². The number of benzene rings is 1. The van der Waals surface area contributed by atoms with E-state index in [4.69, 9.17) is 0 Å². The zero-order valence-corrected chi connectivity index (χ0v) is 20.7. The Balaban J connectivity index is 0.00000320. The maximum atomic E-state index is 4.60. The van der Waals surface area contributed by atoms with Gasteiger partial charge in [0.15, 0.2) is 5.96 Å². The third-order valence-electron chi connectivity index (χ3n) is 5.21. The van der Waals surface area contributed by atoms with E-state index in [9.17, 15) is 0 Å². The van der Waals surface area contributed by atoms with Crippen LogP contribution >= 0.6 is 24.0 Å². The molecule has 0 saturated carbocycles. The van der Waals surface area contributed by atoms with Crippen LogP contribution in [-0.4, -0.2) is 71.4 Å². The number of aromatic nitrogens is 3. The molecule has 1 aliphatic rings. The van der Waals surface area contributed by atoms with Crippen LogP contribution in [0.3, 0.4) is 0 Å². The third-order valence-corrected chi connectivity index (χ3v) is 5.21. The van der Waals surface area contributed by atoms with Gasteiger partial charge in [-0.1, -0.05) is 12.1 Å². The minimum absolute atomic E-state index is 0. The lowest BCUT2D eigenvalue weighted by molar-refractivity contribution is 0.255. The van der Waals surface area contributed by atoms with Crippen molar-refractivity contribution in [1.82, 2.24) is 30.3 Å². The van der Waals surface area contributed by atoms with E-state index < -0.39 is 0 Å². The second-order valence-electron chi connectivity index (χ2n) is 7.44. The van der Waals surface area contributed by atoms with Gasteiger partial charge in [-0.05, 0) is 44.5 Å². The number of rotatable bonds is 8. The smallest absolute Gasteiger partial charge is 0.191 e. The van der Waals surface area contributed by atoms with Crippen molar-refractivity contribution in [2.24, 2.45) is 12.0 Å². The highest BCUT2D eigenvalue weighted by Gasteiger charge is 2.16. The molecule has 1 aromatic heterocycles. The summed E-state index contributed by atoms with van der Waals surface area (Å²) < 4.78 is 1.75. The van der Waals surface area contributed by atoms with Crippen LogP contribution in [0, 0.1) is 6.92 Å². The summed E-state index contributed by atoms with van der Waals surface area (Å²) in [7, 11) is 1.89. The maximum absolute atomic E-state index is 4.60. The van der Waals surface area contributed by atoms with E-state index in [1.165, 1.54) is 11.3 Å². The Bertz CT molecular complexity index is 783. The Morgan fingerprint density at radius 2 is 1.97 bits per heavy atom. The van der Waals surface area contributed by atoms with E-state index in [0.717, 1.165) is 64.0 Å². The Morgan fingerprint density at radius 1 is 1.17 bits per heavy atom. The SMILES string of the molecule is CCNC(=NCc1ncnn1C)NCCCN1CCN(c2cccc(C)c2)CC1.I. The largest absolute Gasteiger partial charge is 0.369 e. The number of piperazine rings is 1. The van der Waals surface area contributed by atoms with Crippen molar-refractivity contribution in [2.75, 3.05) is 50.7 Å². The molecule has 2 heterocycles. The van der Waals surface area contributed by atoms with Gasteiger partial charge in [-0.15, -0.1) is 24.0 Å². The first-order valence-corrected chi connectivity index (χ1v) is 10.5. The molecular formula is C21H35IN8. The molecule has 2 N–H and O–H groups in total. The first-order chi connectivity index (χ1) is 14.2. The fourth-order valence-corrected chi connectivity index (χ4v) is 3.52. The summed E-state index contributed by atoms with van der Waals surface area (Å²) in [6.45, 7) is 12.0. The molecule has 0 spiro atoms. The molecule has 9 heteroatoms. The van der Waals surface area contributed by atoms with Crippen molar-refractivity contribution in [1.29, 1.82) is 0 Å². The van der Waals surface area contributed by atoms with Gasteiger partial charge in [-0.2, -0.15) is 5.10 Å². The number of hydrogen-bond acceptors (Lipinski definition) is 5.